The lowest BCUT2D eigenvalue weighted by atomic mass is 10.0. The van der Waals surface area contributed by atoms with Gasteiger partial charge in [-0.05, 0) is 36.6 Å². The largest absolute Gasteiger partial charge is 0.507 e. The number of carbonyl (C=O) groups excluding carboxylic acids is 1. The Kier molecular flexibility index (Phi) is 7.40. The molecule has 6 rings (SSSR count). The average Bonchev–Trinajstić information content (AvgIpc) is 3.16. The molecular weight excluding hydrogens is 591 g/mol. The molecule has 1 N–H and O–H groups in total. The maximum atomic E-state index is 15.3. The molecule has 2 aliphatic rings. The first kappa shape index (κ1) is 29.4. The number of aromatic hydroxyl groups is 1. The van der Waals surface area contributed by atoms with E-state index in [-0.39, 0.29) is 70.3 Å². The van der Waals surface area contributed by atoms with Gasteiger partial charge in [-0.3, -0.25) is 4.79 Å². The molecule has 0 unspecified atom stereocenters. The lowest BCUT2D eigenvalue weighted by molar-refractivity contribution is -0.126. The molecule has 0 bridgehead atoms. The van der Waals surface area contributed by atoms with Gasteiger partial charge in [-0.2, -0.15) is 4.98 Å². The van der Waals surface area contributed by atoms with Gasteiger partial charge < -0.3 is 24.4 Å². The molecule has 1 atom stereocenters. The highest BCUT2D eigenvalue weighted by atomic mass is 35.5. The smallest absolute Gasteiger partial charge is 0.355 e. The first-order valence-corrected chi connectivity index (χ1v) is 14.4. The molecule has 0 spiro atoms. The van der Waals surface area contributed by atoms with Crippen molar-refractivity contribution in [2.45, 2.75) is 32.7 Å². The number of aromatic nitrogens is 4. The molecule has 4 aromatic rings. The van der Waals surface area contributed by atoms with Crippen LogP contribution in [0.5, 0.6) is 17.4 Å². The molecule has 1 saturated heterocycles. The Hall–Kier alpha value is -4.71. The average molecular weight is 621 g/mol. The minimum atomic E-state index is -0.760. The summed E-state index contributed by atoms with van der Waals surface area (Å²) < 4.78 is 28.4. The van der Waals surface area contributed by atoms with Crippen molar-refractivity contribution >= 4 is 34.4 Å². The summed E-state index contributed by atoms with van der Waals surface area (Å²) in [7, 11) is 1.51. The summed E-state index contributed by atoms with van der Waals surface area (Å²) in [4.78, 5) is 44.1. The van der Waals surface area contributed by atoms with Gasteiger partial charge in [0.2, 0.25) is 11.8 Å². The van der Waals surface area contributed by atoms with Gasteiger partial charge in [0.1, 0.15) is 40.1 Å². The van der Waals surface area contributed by atoms with Gasteiger partial charge in [0, 0.05) is 25.7 Å². The third-order valence-electron chi connectivity index (χ3n) is 7.96. The monoisotopic (exact) mass is 620 g/mol. The number of nitrogens with zero attached hydrogens (tertiary/aromatic N) is 6. The van der Waals surface area contributed by atoms with Gasteiger partial charge in [-0.25, -0.2) is 23.7 Å². The van der Waals surface area contributed by atoms with Crippen molar-refractivity contribution in [1.82, 2.24) is 24.4 Å². The number of fused-ring (bicyclic) bond motifs is 2. The SMILES string of the molecule is C=CC(=O)N1CCN2c3nc(=O)n(-c4c(C)cc(OC)nc4C(C)C)c4nc(-c5c(O)cccc5F)c(Cl)c(c34)OC[C@H]2C1. The summed E-state index contributed by atoms with van der Waals surface area (Å²) in [6.07, 6.45) is 1.26. The van der Waals surface area contributed by atoms with E-state index in [0.29, 0.717) is 41.3 Å². The molecule has 0 saturated carbocycles. The van der Waals surface area contributed by atoms with E-state index in [4.69, 9.17) is 26.1 Å². The fourth-order valence-corrected chi connectivity index (χ4v) is 6.17. The van der Waals surface area contributed by atoms with Crippen LogP contribution in [0, 0.1) is 12.7 Å². The number of rotatable bonds is 5. The summed E-state index contributed by atoms with van der Waals surface area (Å²) in [5, 5.41) is 11.0. The van der Waals surface area contributed by atoms with Gasteiger partial charge >= 0.3 is 5.69 Å². The van der Waals surface area contributed by atoms with Gasteiger partial charge in [0.25, 0.3) is 0 Å². The van der Waals surface area contributed by atoms with E-state index in [9.17, 15) is 14.7 Å². The van der Waals surface area contributed by atoms with Crippen LogP contribution in [0.2, 0.25) is 5.02 Å². The highest BCUT2D eigenvalue weighted by Crippen LogP contribution is 2.47. The summed E-state index contributed by atoms with van der Waals surface area (Å²) in [6.45, 7) is 10.4. The summed E-state index contributed by atoms with van der Waals surface area (Å²) in [5.74, 6) is -0.718. The third-order valence-corrected chi connectivity index (χ3v) is 8.31. The molecule has 44 heavy (non-hydrogen) atoms. The Morgan fingerprint density at radius 1 is 1.27 bits per heavy atom. The van der Waals surface area contributed by atoms with E-state index in [1.54, 1.807) is 11.0 Å². The molecular formula is C31H30ClFN6O5. The van der Waals surface area contributed by atoms with E-state index in [1.807, 2.05) is 25.7 Å². The number of phenolic OH excluding ortho intramolecular Hbond substituents is 1. The van der Waals surface area contributed by atoms with Crippen molar-refractivity contribution in [2.75, 3.05) is 38.3 Å². The van der Waals surface area contributed by atoms with E-state index in [2.05, 4.69) is 16.5 Å². The number of hydrogen-bond acceptors (Lipinski definition) is 9. The fraction of sp³-hybridized carbons (Fsp3) is 0.323. The second-order valence-corrected chi connectivity index (χ2v) is 11.4. The van der Waals surface area contributed by atoms with Crippen LogP contribution >= 0.6 is 11.6 Å². The molecule has 228 valence electrons. The number of halogens is 2. The second kappa shape index (κ2) is 11.1. The van der Waals surface area contributed by atoms with Crippen LogP contribution < -0.4 is 20.1 Å². The number of aryl methyl sites for hydroxylation is 1. The first-order chi connectivity index (χ1) is 21.0. The van der Waals surface area contributed by atoms with Crippen LogP contribution in [0.3, 0.4) is 0 Å². The quantitative estimate of drug-likeness (QED) is 0.324. The number of phenols is 1. The van der Waals surface area contributed by atoms with E-state index < -0.39 is 11.5 Å². The molecule has 3 aromatic heterocycles. The van der Waals surface area contributed by atoms with Crippen LogP contribution in [0.15, 0.2) is 41.7 Å². The maximum Gasteiger partial charge on any atom is 0.355 e. The van der Waals surface area contributed by atoms with Gasteiger partial charge in [0.05, 0.1) is 30.1 Å². The van der Waals surface area contributed by atoms with Crippen molar-refractivity contribution < 1.29 is 23.8 Å². The Balaban J connectivity index is 1.72. The lowest BCUT2D eigenvalue weighted by Crippen LogP contribution is -2.56. The molecule has 0 radical (unpaired) electrons. The summed E-state index contributed by atoms with van der Waals surface area (Å²) in [6, 6.07) is 5.18. The number of amides is 1. The highest BCUT2D eigenvalue weighted by molar-refractivity contribution is 6.36. The lowest BCUT2D eigenvalue weighted by Gasteiger charge is -2.40. The third kappa shape index (κ3) is 4.60. The van der Waals surface area contributed by atoms with Gasteiger partial charge in [-0.1, -0.05) is 38.1 Å². The topological polar surface area (TPSA) is 123 Å². The van der Waals surface area contributed by atoms with E-state index >= 15 is 4.39 Å². The van der Waals surface area contributed by atoms with Crippen LogP contribution in [0.25, 0.3) is 28.0 Å². The first-order valence-electron chi connectivity index (χ1n) is 14.1. The van der Waals surface area contributed by atoms with Crippen molar-refractivity contribution in [3.63, 3.8) is 0 Å². The molecule has 0 aliphatic carbocycles. The Labute approximate surface area is 257 Å². The Morgan fingerprint density at radius 3 is 2.73 bits per heavy atom. The minimum Gasteiger partial charge on any atom is -0.507 e. The predicted octanol–water partition coefficient (Wildman–Crippen LogP) is 4.38. The van der Waals surface area contributed by atoms with Crippen LogP contribution in [0.1, 0.15) is 31.0 Å². The van der Waals surface area contributed by atoms with E-state index in [0.717, 1.165) is 0 Å². The molecule has 1 aromatic carbocycles. The van der Waals surface area contributed by atoms with Crippen LogP contribution in [0.4, 0.5) is 10.2 Å². The number of ether oxygens (including phenoxy) is 2. The second-order valence-electron chi connectivity index (χ2n) is 11.0. The van der Waals surface area contributed by atoms with Gasteiger partial charge in [0.15, 0.2) is 11.4 Å². The van der Waals surface area contributed by atoms with Crippen LogP contribution in [-0.2, 0) is 4.79 Å². The zero-order chi connectivity index (χ0) is 31.4. The van der Waals surface area contributed by atoms with Crippen molar-refractivity contribution in [2.24, 2.45) is 0 Å². The van der Waals surface area contributed by atoms with Crippen LogP contribution in [-0.4, -0.2) is 74.8 Å². The Bertz CT molecular complexity index is 1890. The summed E-state index contributed by atoms with van der Waals surface area (Å²) in [5.41, 5.74) is 0.754. The van der Waals surface area contributed by atoms with E-state index in [1.165, 1.54) is 36.0 Å². The number of benzene rings is 1. The zero-order valence-electron chi connectivity index (χ0n) is 24.6. The summed E-state index contributed by atoms with van der Waals surface area (Å²) >= 11 is 6.93. The van der Waals surface area contributed by atoms with Crippen molar-refractivity contribution in [3.8, 4) is 34.3 Å². The predicted molar refractivity (Wildman–Crippen MR) is 164 cm³/mol. The Morgan fingerprint density at radius 2 is 2.05 bits per heavy atom. The number of hydrogen-bond donors (Lipinski definition) is 1. The van der Waals surface area contributed by atoms with Crippen molar-refractivity contribution in [1.29, 1.82) is 0 Å². The molecule has 13 heteroatoms. The standard InChI is InChI=1S/C31H30ClFN6O5/c1-6-21(41)37-10-11-38-17(13-37)14-44-28-23-29(38)36-31(42)39(27-16(4)12-20(43-5)34-25(27)15(2)3)30(23)35-26(24(28)32)22-18(33)8-7-9-19(22)40/h6-9,12,15,17,40H,1,10-11,13-14H2,2-5H3/t17-/m1/s1. The molecule has 2 aliphatic heterocycles. The maximum absolute atomic E-state index is 15.3. The molecule has 1 fully saturated rings. The number of anilines is 1. The highest BCUT2D eigenvalue weighted by Gasteiger charge is 2.37. The van der Waals surface area contributed by atoms with Crippen molar-refractivity contribution in [3.05, 3.63) is 69.5 Å². The fourth-order valence-electron chi connectivity index (χ4n) is 5.88. The number of methoxy groups -OCH3 is 1. The number of pyridine rings is 2. The number of piperazine rings is 1. The molecule has 5 heterocycles. The minimum absolute atomic E-state index is 0.0568. The molecule has 1 amide bonds. The number of carbonyl (C=O) groups is 1. The van der Waals surface area contributed by atoms with Gasteiger partial charge in [-0.15, -0.1) is 0 Å². The molecule has 11 nitrogen and oxygen atoms in total. The zero-order valence-corrected chi connectivity index (χ0v) is 25.4. The normalized spacial score (nSPS) is 16.0.